The second kappa shape index (κ2) is 7.69. The van der Waals surface area contributed by atoms with Crippen LogP contribution in [0.4, 0.5) is 0 Å². The van der Waals surface area contributed by atoms with Crippen molar-refractivity contribution in [3.05, 3.63) is 59.8 Å². The molecule has 2 aromatic heterocycles. The van der Waals surface area contributed by atoms with Crippen LogP contribution in [-0.2, 0) is 0 Å². The van der Waals surface area contributed by atoms with Gasteiger partial charge in [0, 0.05) is 17.7 Å². The Labute approximate surface area is 163 Å². The minimum atomic E-state index is 0.112. The lowest BCUT2D eigenvalue weighted by atomic mass is 9.86. The summed E-state index contributed by atoms with van der Waals surface area (Å²) < 4.78 is 8.02. The van der Waals surface area contributed by atoms with Gasteiger partial charge in [0.15, 0.2) is 0 Å². The van der Waals surface area contributed by atoms with Gasteiger partial charge >= 0.3 is 0 Å². The lowest BCUT2D eigenvalue weighted by Crippen LogP contribution is -2.25. The predicted octanol–water partition coefficient (Wildman–Crippen LogP) is 3.65. The molecule has 0 amide bonds. The summed E-state index contributed by atoms with van der Waals surface area (Å²) in [4.78, 5) is 4.10. The van der Waals surface area contributed by atoms with E-state index in [-0.39, 0.29) is 11.9 Å². The second-order valence-corrected chi connectivity index (χ2v) is 7.05. The molecule has 4 rings (SSSR count). The van der Waals surface area contributed by atoms with Crippen LogP contribution >= 0.6 is 0 Å². The molecule has 0 saturated heterocycles. The first-order chi connectivity index (χ1) is 13.6. The molecule has 7 nitrogen and oxygen atoms in total. The third kappa shape index (κ3) is 3.67. The van der Waals surface area contributed by atoms with E-state index in [9.17, 15) is 5.11 Å². The van der Waals surface area contributed by atoms with Gasteiger partial charge in [0.25, 0.3) is 0 Å². The molecule has 1 aliphatic carbocycles. The summed E-state index contributed by atoms with van der Waals surface area (Å²) in [5.41, 5.74) is 1.61. The molecule has 28 heavy (non-hydrogen) atoms. The van der Waals surface area contributed by atoms with E-state index in [0.29, 0.717) is 17.4 Å². The average molecular weight is 375 g/mol. The van der Waals surface area contributed by atoms with E-state index in [1.54, 1.807) is 12.1 Å². The molecule has 0 atom stereocenters. The Balaban J connectivity index is 1.46. The van der Waals surface area contributed by atoms with E-state index >= 15 is 0 Å². The molecular weight excluding hydrogens is 354 g/mol. The molecule has 142 valence electrons. The van der Waals surface area contributed by atoms with E-state index in [1.165, 1.54) is 6.20 Å². The molecule has 0 aliphatic heterocycles. The van der Waals surface area contributed by atoms with Crippen LogP contribution in [0, 0.1) is 18.3 Å². The number of benzene rings is 1. The van der Waals surface area contributed by atoms with Crippen molar-refractivity contribution in [2.24, 2.45) is 0 Å². The summed E-state index contributed by atoms with van der Waals surface area (Å²) in [5, 5.41) is 27.1. The summed E-state index contributed by atoms with van der Waals surface area (Å²) in [6, 6.07) is 12.9. The largest absolute Gasteiger partial charge is 0.506 e. The molecule has 3 aromatic rings. The van der Waals surface area contributed by atoms with Gasteiger partial charge in [0.05, 0.1) is 17.8 Å². The van der Waals surface area contributed by atoms with Gasteiger partial charge in [0.2, 0.25) is 5.88 Å². The lowest BCUT2D eigenvalue weighted by molar-refractivity contribution is 0.138. The number of aromatic nitrogens is 4. The van der Waals surface area contributed by atoms with Crippen LogP contribution in [0.1, 0.15) is 48.8 Å². The van der Waals surface area contributed by atoms with Crippen LogP contribution in [0.15, 0.2) is 42.6 Å². The highest BCUT2D eigenvalue weighted by molar-refractivity contribution is 5.41. The molecule has 0 radical (unpaired) electrons. The van der Waals surface area contributed by atoms with Crippen molar-refractivity contribution in [3.8, 4) is 23.4 Å². The maximum absolute atomic E-state index is 9.33. The third-order valence-corrected chi connectivity index (χ3v) is 5.15. The number of hydrogen-bond donors (Lipinski definition) is 1. The molecule has 1 aliphatic rings. The van der Waals surface area contributed by atoms with Crippen molar-refractivity contribution in [3.63, 3.8) is 0 Å². The Bertz CT molecular complexity index is 981. The van der Waals surface area contributed by atoms with Crippen LogP contribution in [-0.4, -0.2) is 31.0 Å². The van der Waals surface area contributed by atoms with Crippen LogP contribution in [0.2, 0.25) is 0 Å². The normalized spacial score (nSPS) is 19.1. The highest BCUT2D eigenvalue weighted by Gasteiger charge is 2.28. The maximum atomic E-state index is 9.33. The Hall–Kier alpha value is -3.40. The van der Waals surface area contributed by atoms with Crippen molar-refractivity contribution >= 4 is 0 Å². The number of hydrogen-bond acceptors (Lipinski definition) is 6. The van der Waals surface area contributed by atoms with Gasteiger partial charge in [-0.15, -0.1) is 10.2 Å². The number of pyridine rings is 1. The standard InChI is InChI=1S/C21H21N5O2/c1-14-24-25-21(26(14)17-6-2-15(12-22)3-7-17)16-4-9-19(10-5-16)28-20-11-8-18(27)13-23-20/h2-3,6-8,11,13,16,19,27H,4-5,9-10H2,1H3/t16-,19-. The Morgan fingerprint density at radius 2 is 1.82 bits per heavy atom. The van der Waals surface area contributed by atoms with Gasteiger partial charge < -0.3 is 9.84 Å². The highest BCUT2D eigenvalue weighted by atomic mass is 16.5. The smallest absolute Gasteiger partial charge is 0.213 e. The minimum Gasteiger partial charge on any atom is -0.506 e. The molecule has 0 bridgehead atoms. The van der Waals surface area contributed by atoms with Crippen molar-refractivity contribution in [1.29, 1.82) is 5.26 Å². The molecule has 0 spiro atoms. The van der Waals surface area contributed by atoms with Crippen LogP contribution in [0.5, 0.6) is 11.6 Å². The SMILES string of the molecule is Cc1nnc([C@H]2CC[C@H](Oc3ccc(O)cn3)CC2)n1-c1ccc(C#N)cc1. The molecule has 2 heterocycles. The van der Waals surface area contributed by atoms with Crippen molar-refractivity contribution in [2.75, 3.05) is 0 Å². The molecule has 7 heteroatoms. The topological polar surface area (TPSA) is 96.8 Å². The molecular formula is C21H21N5O2. The number of rotatable bonds is 4. The van der Waals surface area contributed by atoms with E-state index in [2.05, 4.69) is 25.8 Å². The molecule has 0 unspecified atom stereocenters. The first-order valence-electron chi connectivity index (χ1n) is 9.38. The Morgan fingerprint density at radius 3 is 2.46 bits per heavy atom. The third-order valence-electron chi connectivity index (χ3n) is 5.15. The zero-order valence-electron chi connectivity index (χ0n) is 15.6. The van der Waals surface area contributed by atoms with E-state index in [4.69, 9.17) is 10.00 Å². The summed E-state index contributed by atoms with van der Waals surface area (Å²) >= 11 is 0. The Kier molecular flexibility index (Phi) is 4.94. The van der Waals surface area contributed by atoms with Gasteiger partial charge in [0.1, 0.15) is 23.5 Å². The molecule has 1 N–H and O–H groups in total. The minimum absolute atomic E-state index is 0.112. The number of aryl methyl sites for hydroxylation is 1. The summed E-state index contributed by atoms with van der Waals surface area (Å²) in [5.74, 6) is 2.78. The first kappa shape index (κ1) is 18.0. The predicted molar refractivity (Wildman–Crippen MR) is 102 cm³/mol. The van der Waals surface area contributed by atoms with E-state index < -0.39 is 0 Å². The fourth-order valence-corrected chi connectivity index (χ4v) is 3.70. The van der Waals surface area contributed by atoms with Crippen LogP contribution in [0.25, 0.3) is 5.69 Å². The molecule has 1 saturated carbocycles. The summed E-state index contributed by atoms with van der Waals surface area (Å²) in [6.45, 7) is 1.94. The van der Waals surface area contributed by atoms with E-state index in [1.807, 2.05) is 31.2 Å². The van der Waals surface area contributed by atoms with Gasteiger partial charge in [-0.1, -0.05) is 0 Å². The maximum Gasteiger partial charge on any atom is 0.213 e. The number of nitrogens with zero attached hydrogens (tertiary/aromatic N) is 5. The van der Waals surface area contributed by atoms with Gasteiger partial charge in [-0.25, -0.2) is 4.98 Å². The Morgan fingerprint density at radius 1 is 1.07 bits per heavy atom. The first-order valence-corrected chi connectivity index (χ1v) is 9.38. The quantitative estimate of drug-likeness (QED) is 0.747. The number of nitriles is 1. The van der Waals surface area contributed by atoms with Crippen LogP contribution < -0.4 is 4.74 Å². The lowest BCUT2D eigenvalue weighted by Gasteiger charge is -2.28. The van der Waals surface area contributed by atoms with Gasteiger partial charge in [-0.3, -0.25) is 4.57 Å². The zero-order valence-corrected chi connectivity index (χ0v) is 15.6. The fraction of sp³-hybridized carbons (Fsp3) is 0.333. The number of aromatic hydroxyl groups is 1. The van der Waals surface area contributed by atoms with Crippen molar-refractivity contribution in [1.82, 2.24) is 19.7 Å². The molecule has 1 aromatic carbocycles. The van der Waals surface area contributed by atoms with Gasteiger partial charge in [-0.2, -0.15) is 5.26 Å². The van der Waals surface area contributed by atoms with Gasteiger partial charge in [-0.05, 0) is 62.9 Å². The van der Waals surface area contributed by atoms with Crippen molar-refractivity contribution in [2.45, 2.75) is 44.6 Å². The summed E-state index contributed by atoms with van der Waals surface area (Å²) in [7, 11) is 0. The fourth-order valence-electron chi connectivity index (χ4n) is 3.70. The van der Waals surface area contributed by atoms with E-state index in [0.717, 1.165) is 43.0 Å². The number of ether oxygens (including phenoxy) is 1. The average Bonchev–Trinajstić information content (AvgIpc) is 3.12. The second-order valence-electron chi connectivity index (χ2n) is 7.05. The van der Waals surface area contributed by atoms with Crippen molar-refractivity contribution < 1.29 is 9.84 Å². The highest BCUT2D eigenvalue weighted by Crippen LogP contribution is 2.35. The molecule has 1 fully saturated rings. The summed E-state index contributed by atoms with van der Waals surface area (Å²) in [6.07, 6.45) is 5.23. The monoisotopic (exact) mass is 375 g/mol. The zero-order chi connectivity index (χ0) is 19.5. The van der Waals surface area contributed by atoms with Crippen LogP contribution in [0.3, 0.4) is 0 Å².